The summed E-state index contributed by atoms with van der Waals surface area (Å²) in [5.41, 5.74) is 12.7. The molecule has 0 amide bonds. The molecule has 0 saturated heterocycles. The Morgan fingerprint density at radius 3 is 1.23 bits per heavy atom. The largest absolute Gasteiger partial charge is 0.147 e. The molecule has 1 unspecified atom stereocenters. The van der Waals surface area contributed by atoms with Gasteiger partial charge in [-0.05, 0) is 0 Å². The average Bonchev–Trinajstić information content (AvgIpc) is 3.45. The Bertz CT molecular complexity index is 1200. The Balaban J connectivity index is 0.00000176. The van der Waals surface area contributed by atoms with Gasteiger partial charge in [-0.25, -0.2) is 0 Å². The molecule has 2 aliphatic rings. The molecule has 4 heteroatoms. The summed E-state index contributed by atoms with van der Waals surface area (Å²) >= 11 is -2.12. The van der Waals surface area contributed by atoms with Gasteiger partial charge in [-0.3, -0.25) is 0 Å². The summed E-state index contributed by atoms with van der Waals surface area (Å²) in [4.78, 5) is 0. The van der Waals surface area contributed by atoms with E-state index >= 15 is 0 Å². The second-order valence-electron chi connectivity index (χ2n) is 11.2. The van der Waals surface area contributed by atoms with Gasteiger partial charge in [0.15, 0.2) is 0 Å². The first-order valence-corrected chi connectivity index (χ1v) is 24.2. The molecule has 39 heavy (non-hydrogen) atoms. The van der Waals surface area contributed by atoms with Crippen LogP contribution >= 0.6 is 24.8 Å². The quantitative estimate of drug-likeness (QED) is 0.118. The predicted molar refractivity (Wildman–Crippen MR) is 173 cm³/mol. The molecule has 0 fully saturated rings. The summed E-state index contributed by atoms with van der Waals surface area (Å²) in [6, 6.07) is 39.2. The van der Waals surface area contributed by atoms with E-state index in [2.05, 4.69) is 111 Å². The van der Waals surface area contributed by atoms with Crippen LogP contribution in [0.5, 0.6) is 0 Å². The topological polar surface area (TPSA) is 0 Å². The molecule has 0 saturated carbocycles. The second-order valence-corrected chi connectivity index (χ2v) is 30.1. The van der Waals surface area contributed by atoms with Crippen LogP contribution in [0.3, 0.4) is 0 Å². The Labute approximate surface area is 256 Å². The summed E-state index contributed by atoms with van der Waals surface area (Å²) in [6.45, 7) is 5.11. The fourth-order valence-electron chi connectivity index (χ4n) is 7.16. The molecule has 0 heterocycles. The smallest absolute Gasteiger partial charge is 0.147 e. The molecule has 1 atom stereocenters. The van der Waals surface area contributed by atoms with Crippen LogP contribution in [0.15, 0.2) is 97.1 Å². The zero-order chi connectivity index (χ0) is 25.2. The summed E-state index contributed by atoms with van der Waals surface area (Å²) < 4.78 is 1.36. The zero-order valence-electron chi connectivity index (χ0n) is 23.2. The fourth-order valence-corrected chi connectivity index (χ4v) is 33.0. The third-order valence-corrected chi connectivity index (χ3v) is 32.1. The van der Waals surface area contributed by atoms with Crippen LogP contribution in [-0.4, -0.2) is 5.92 Å². The van der Waals surface area contributed by atoms with Gasteiger partial charge in [0, 0.05) is 0 Å². The van der Waals surface area contributed by atoms with Crippen molar-refractivity contribution in [3.05, 3.63) is 119 Å². The van der Waals surface area contributed by atoms with Crippen molar-refractivity contribution in [1.29, 1.82) is 0 Å². The summed E-state index contributed by atoms with van der Waals surface area (Å²) in [7, 11) is 0. The van der Waals surface area contributed by atoms with E-state index in [9.17, 15) is 0 Å². The Kier molecular flexibility index (Phi) is 10.9. The summed E-state index contributed by atoms with van der Waals surface area (Å²) in [6.07, 6.45) is 8.47. The molecule has 0 aromatic heterocycles. The van der Waals surface area contributed by atoms with E-state index in [1.807, 2.05) is 0 Å². The van der Waals surface area contributed by atoms with Gasteiger partial charge in [-0.15, -0.1) is 24.8 Å². The molecular weight excluding hydrogens is 611 g/mol. The molecular formula is C35H41Cl2SiZr. The van der Waals surface area contributed by atoms with Gasteiger partial charge in [0.05, 0.1) is 0 Å². The molecule has 6 rings (SSSR count). The molecule has 0 nitrogen and oxygen atoms in total. The van der Waals surface area contributed by atoms with Gasteiger partial charge in [0.25, 0.3) is 0 Å². The fraction of sp³-hybridized carbons (Fsp3) is 0.314. The van der Waals surface area contributed by atoms with E-state index in [1.54, 1.807) is 22.3 Å². The minimum atomic E-state index is -2.12. The number of hydrogen-bond donors (Lipinski definition) is 0. The molecule has 203 valence electrons. The van der Waals surface area contributed by atoms with Gasteiger partial charge >= 0.3 is 234 Å². The molecule has 4 aromatic rings. The monoisotopic (exact) mass is 649 g/mol. The SMILES string of the molecule is CCCCCCCC[SiH](C)[Zr]([CH]1c2ccccc2-c2ccccc21)[CH]1c2ccccc2-c2ccccc21.Cl.Cl. The van der Waals surface area contributed by atoms with E-state index in [0.717, 1.165) is 0 Å². The number of hydrogen-bond acceptors (Lipinski definition) is 0. The van der Waals surface area contributed by atoms with Crippen LogP contribution in [0.25, 0.3) is 22.3 Å². The molecule has 0 radical (unpaired) electrons. The van der Waals surface area contributed by atoms with Gasteiger partial charge < -0.3 is 0 Å². The molecule has 0 aliphatic heterocycles. The van der Waals surface area contributed by atoms with Crippen molar-refractivity contribution in [3.8, 4) is 22.3 Å². The minimum Gasteiger partial charge on any atom is -0.147 e. The number of benzene rings is 4. The third-order valence-electron chi connectivity index (χ3n) is 8.89. The number of halogens is 2. The molecule has 2 aliphatic carbocycles. The molecule has 0 spiro atoms. The average molecular weight is 652 g/mol. The predicted octanol–water partition coefficient (Wildman–Crippen LogP) is 10.7. The van der Waals surface area contributed by atoms with Crippen LogP contribution < -0.4 is 0 Å². The van der Waals surface area contributed by atoms with Crippen LogP contribution in [0.2, 0.25) is 12.6 Å². The van der Waals surface area contributed by atoms with E-state index < -0.39 is 26.8 Å². The maximum absolute atomic E-state index is 2.79. The Morgan fingerprint density at radius 1 is 0.513 bits per heavy atom. The van der Waals surface area contributed by atoms with Crippen molar-refractivity contribution in [2.75, 3.05) is 0 Å². The van der Waals surface area contributed by atoms with E-state index in [0.29, 0.717) is 7.25 Å². The number of rotatable bonds is 10. The van der Waals surface area contributed by atoms with Gasteiger partial charge in [0.1, 0.15) is 0 Å². The number of unbranched alkanes of at least 4 members (excludes halogenated alkanes) is 5. The normalized spacial score (nSPS) is 13.9. The summed E-state index contributed by atoms with van der Waals surface area (Å²) in [5, 5.41) is 0. The van der Waals surface area contributed by atoms with Crippen molar-refractivity contribution in [2.24, 2.45) is 0 Å². The third kappa shape index (κ3) is 5.83. The van der Waals surface area contributed by atoms with Gasteiger partial charge in [-0.2, -0.15) is 0 Å². The van der Waals surface area contributed by atoms with Crippen molar-refractivity contribution < 1.29 is 20.9 Å². The van der Waals surface area contributed by atoms with Crippen molar-refractivity contribution in [2.45, 2.75) is 65.3 Å². The second kappa shape index (κ2) is 14.0. The Hall–Kier alpha value is -1.44. The van der Waals surface area contributed by atoms with Crippen molar-refractivity contribution >= 4 is 30.7 Å². The van der Waals surface area contributed by atoms with Crippen LogP contribution in [-0.2, 0) is 20.9 Å². The molecule has 0 N–H and O–H groups in total. The van der Waals surface area contributed by atoms with Gasteiger partial charge in [0.2, 0.25) is 0 Å². The standard InChI is InChI=1S/2C13H9.C9H21Si.2ClH.Zr/c2*1-3-7-12-10(5-1)9-11-6-2-4-8-13(11)12;1-3-4-5-6-7-8-9-10-2;;;/h2*1-9H;10H,3-9H2,1-2H3;2*1H;. The van der Waals surface area contributed by atoms with Crippen molar-refractivity contribution in [3.63, 3.8) is 0 Å². The Morgan fingerprint density at radius 2 is 0.846 bits per heavy atom. The first-order chi connectivity index (χ1) is 18.3. The van der Waals surface area contributed by atoms with Crippen molar-refractivity contribution in [1.82, 2.24) is 0 Å². The minimum absolute atomic E-state index is 0. The van der Waals surface area contributed by atoms with Crippen LogP contribution in [0.1, 0.15) is 75.0 Å². The van der Waals surface area contributed by atoms with E-state index in [-0.39, 0.29) is 24.8 Å². The van der Waals surface area contributed by atoms with Crippen LogP contribution in [0, 0.1) is 0 Å². The molecule has 0 bridgehead atoms. The molecule has 4 aromatic carbocycles. The van der Waals surface area contributed by atoms with E-state index in [4.69, 9.17) is 0 Å². The number of fused-ring (bicyclic) bond motifs is 6. The first kappa shape index (κ1) is 30.5. The summed E-state index contributed by atoms with van der Waals surface area (Å²) in [5.74, 6) is -0.921. The van der Waals surface area contributed by atoms with Crippen LogP contribution in [0.4, 0.5) is 0 Å². The maximum Gasteiger partial charge on any atom is -0.147 e. The first-order valence-electron chi connectivity index (χ1n) is 14.5. The van der Waals surface area contributed by atoms with Gasteiger partial charge in [-0.1, -0.05) is 0 Å². The zero-order valence-corrected chi connectivity index (χ0v) is 28.5. The maximum atomic E-state index is 2.79. The van der Waals surface area contributed by atoms with E-state index in [1.165, 1.54) is 66.8 Å².